The van der Waals surface area contributed by atoms with E-state index >= 15 is 0 Å². The van der Waals surface area contributed by atoms with Crippen molar-refractivity contribution in [2.24, 2.45) is 5.73 Å². The molecule has 0 radical (unpaired) electrons. The van der Waals surface area contributed by atoms with E-state index in [-0.39, 0.29) is 0 Å². The van der Waals surface area contributed by atoms with Gasteiger partial charge in [-0.2, -0.15) is 9.61 Å². The standard InChI is InChI=1S/C18H24IN5/c19-14-10-21-24-16(22-12-4-3-11(20)9-12)13-5-8-18(6-1-2-7-18)15(13)23-17(14)24/h10-12,22H,1-9,20H2/t11-,12-/m0/s1. The number of anilines is 1. The number of halogens is 1. The molecule has 2 fully saturated rings. The first-order chi connectivity index (χ1) is 11.7. The van der Waals surface area contributed by atoms with Crippen LogP contribution in [0.2, 0.25) is 0 Å². The Kier molecular flexibility index (Phi) is 3.56. The largest absolute Gasteiger partial charge is 0.367 e. The Morgan fingerprint density at radius 2 is 2.08 bits per heavy atom. The summed E-state index contributed by atoms with van der Waals surface area (Å²) in [6.45, 7) is 0. The molecule has 0 aromatic carbocycles. The molecule has 1 spiro atoms. The maximum atomic E-state index is 6.13. The molecule has 6 heteroatoms. The molecule has 0 saturated heterocycles. The van der Waals surface area contributed by atoms with E-state index in [2.05, 4.69) is 33.0 Å². The minimum Gasteiger partial charge on any atom is -0.367 e. The molecule has 2 heterocycles. The summed E-state index contributed by atoms with van der Waals surface area (Å²) in [5, 5.41) is 8.44. The molecular weight excluding hydrogens is 413 g/mol. The molecule has 5 nitrogen and oxygen atoms in total. The van der Waals surface area contributed by atoms with Crippen molar-refractivity contribution in [3.05, 3.63) is 21.0 Å². The van der Waals surface area contributed by atoms with Crippen molar-refractivity contribution in [2.45, 2.75) is 75.3 Å². The molecule has 0 aliphatic heterocycles. The molecule has 3 aliphatic rings. The lowest BCUT2D eigenvalue weighted by Gasteiger charge is -2.24. The minimum absolute atomic E-state index is 0.340. The van der Waals surface area contributed by atoms with E-state index in [0.29, 0.717) is 17.5 Å². The molecule has 5 rings (SSSR count). The number of fused-ring (bicyclic) bond motifs is 3. The van der Waals surface area contributed by atoms with Gasteiger partial charge in [-0.25, -0.2) is 4.98 Å². The summed E-state index contributed by atoms with van der Waals surface area (Å²) in [5.74, 6) is 1.20. The summed E-state index contributed by atoms with van der Waals surface area (Å²) >= 11 is 2.36. The minimum atomic E-state index is 0.340. The van der Waals surface area contributed by atoms with Crippen molar-refractivity contribution < 1.29 is 0 Å². The average Bonchev–Trinajstić information content (AvgIpc) is 3.33. The number of rotatable bonds is 2. The molecule has 0 bridgehead atoms. The van der Waals surface area contributed by atoms with Crippen LogP contribution in [0.3, 0.4) is 0 Å². The highest BCUT2D eigenvalue weighted by molar-refractivity contribution is 14.1. The number of aromatic nitrogens is 3. The fraction of sp³-hybridized carbons (Fsp3) is 0.667. The van der Waals surface area contributed by atoms with Crippen LogP contribution in [0.1, 0.15) is 62.6 Å². The van der Waals surface area contributed by atoms with Crippen LogP contribution in [0.5, 0.6) is 0 Å². The second-order valence-electron chi connectivity index (χ2n) is 7.92. The first kappa shape index (κ1) is 15.4. The lowest BCUT2D eigenvalue weighted by Crippen LogP contribution is -2.24. The quantitative estimate of drug-likeness (QED) is 0.707. The Morgan fingerprint density at radius 3 is 2.83 bits per heavy atom. The monoisotopic (exact) mass is 437 g/mol. The third-order valence-electron chi connectivity index (χ3n) is 6.43. The van der Waals surface area contributed by atoms with Gasteiger partial charge in [0.15, 0.2) is 5.65 Å². The molecule has 3 aliphatic carbocycles. The van der Waals surface area contributed by atoms with Gasteiger partial charge in [0.1, 0.15) is 5.82 Å². The summed E-state index contributed by atoms with van der Waals surface area (Å²) < 4.78 is 3.18. The van der Waals surface area contributed by atoms with Gasteiger partial charge in [0.25, 0.3) is 0 Å². The first-order valence-corrected chi connectivity index (χ1v) is 10.3. The molecule has 2 atom stereocenters. The molecule has 2 aromatic rings. The number of nitrogens with zero attached hydrogens (tertiary/aromatic N) is 3. The molecule has 0 unspecified atom stereocenters. The van der Waals surface area contributed by atoms with Crippen LogP contribution in [0, 0.1) is 3.57 Å². The summed E-state index contributed by atoms with van der Waals surface area (Å²) in [4.78, 5) is 5.13. The van der Waals surface area contributed by atoms with Crippen LogP contribution < -0.4 is 11.1 Å². The Morgan fingerprint density at radius 1 is 1.25 bits per heavy atom. The SMILES string of the molecule is N[C@H]1CC[C@H](Nc2c3c(nc4c(I)cnn24)C2(CCCC2)CC3)C1. The summed E-state index contributed by atoms with van der Waals surface area (Å²) in [6, 6.07) is 0.809. The highest BCUT2D eigenvalue weighted by atomic mass is 127. The smallest absolute Gasteiger partial charge is 0.171 e. The molecule has 24 heavy (non-hydrogen) atoms. The maximum Gasteiger partial charge on any atom is 0.171 e. The van der Waals surface area contributed by atoms with Crippen molar-refractivity contribution in [1.82, 2.24) is 14.6 Å². The predicted octanol–water partition coefficient (Wildman–Crippen LogP) is 3.38. The van der Waals surface area contributed by atoms with Crippen molar-refractivity contribution in [3.8, 4) is 0 Å². The van der Waals surface area contributed by atoms with Crippen LogP contribution in [-0.4, -0.2) is 26.7 Å². The second kappa shape index (κ2) is 5.56. The zero-order valence-electron chi connectivity index (χ0n) is 13.9. The topological polar surface area (TPSA) is 68.2 Å². The van der Waals surface area contributed by atoms with Gasteiger partial charge in [0, 0.05) is 23.1 Å². The van der Waals surface area contributed by atoms with E-state index < -0.39 is 0 Å². The summed E-state index contributed by atoms with van der Waals surface area (Å²) in [6.07, 6.45) is 13.0. The van der Waals surface area contributed by atoms with Gasteiger partial charge >= 0.3 is 0 Å². The second-order valence-corrected chi connectivity index (χ2v) is 9.08. The zero-order chi connectivity index (χ0) is 16.3. The predicted molar refractivity (Wildman–Crippen MR) is 103 cm³/mol. The molecule has 0 amide bonds. The van der Waals surface area contributed by atoms with Crippen molar-refractivity contribution in [3.63, 3.8) is 0 Å². The van der Waals surface area contributed by atoms with E-state index in [0.717, 1.165) is 34.9 Å². The first-order valence-electron chi connectivity index (χ1n) is 9.25. The number of hydrogen-bond donors (Lipinski definition) is 2. The van der Waals surface area contributed by atoms with Gasteiger partial charge in [0.05, 0.1) is 15.5 Å². The van der Waals surface area contributed by atoms with Crippen LogP contribution in [-0.2, 0) is 11.8 Å². The fourth-order valence-corrected chi connectivity index (χ4v) is 5.66. The average molecular weight is 437 g/mol. The maximum absolute atomic E-state index is 6.13. The van der Waals surface area contributed by atoms with Crippen molar-refractivity contribution in [1.29, 1.82) is 0 Å². The fourth-order valence-electron chi connectivity index (χ4n) is 5.19. The van der Waals surface area contributed by atoms with Crippen LogP contribution in [0.15, 0.2) is 6.20 Å². The van der Waals surface area contributed by atoms with E-state index in [1.165, 1.54) is 49.2 Å². The normalized spacial score (nSPS) is 28.1. The number of hydrogen-bond acceptors (Lipinski definition) is 4. The third kappa shape index (κ3) is 2.21. The summed E-state index contributed by atoms with van der Waals surface area (Å²) in [5.41, 5.74) is 10.3. The van der Waals surface area contributed by atoms with Crippen molar-refractivity contribution >= 4 is 34.1 Å². The van der Waals surface area contributed by atoms with Gasteiger partial charge in [0.2, 0.25) is 0 Å². The number of nitrogens with one attached hydrogen (secondary N) is 1. The third-order valence-corrected chi connectivity index (χ3v) is 7.19. The Bertz CT molecular complexity index is 792. The van der Waals surface area contributed by atoms with E-state index in [9.17, 15) is 0 Å². The van der Waals surface area contributed by atoms with E-state index in [4.69, 9.17) is 10.7 Å². The van der Waals surface area contributed by atoms with Gasteiger partial charge < -0.3 is 11.1 Å². The Labute approximate surface area is 155 Å². The number of nitrogens with two attached hydrogens (primary N) is 1. The van der Waals surface area contributed by atoms with E-state index in [1.54, 1.807) is 0 Å². The molecular formula is C18H24IN5. The Balaban J connectivity index is 1.65. The molecule has 2 saturated carbocycles. The lowest BCUT2D eigenvalue weighted by molar-refractivity contribution is 0.429. The Hall–Kier alpha value is -0.890. The van der Waals surface area contributed by atoms with Gasteiger partial charge in [-0.3, -0.25) is 0 Å². The van der Waals surface area contributed by atoms with Crippen LogP contribution >= 0.6 is 22.6 Å². The molecule has 2 aromatic heterocycles. The van der Waals surface area contributed by atoms with Gasteiger partial charge in [-0.15, -0.1) is 0 Å². The molecule has 3 N–H and O–H groups in total. The van der Waals surface area contributed by atoms with Gasteiger partial charge in [-0.1, -0.05) is 12.8 Å². The zero-order valence-corrected chi connectivity index (χ0v) is 16.1. The van der Waals surface area contributed by atoms with Crippen molar-refractivity contribution in [2.75, 3.05) is 5.32 Å². The molecule has 128 valence electrons. The van der Waals surface area contributed by atoms with Gasteiger partial charge in [-0.05, 0) is 67.5 Å². The highest BCUT2D eigenvalue weighted by Gasteiger charge is 2.44. The van der Waals surface area contributed by atoms with Crippen LogP contribution in [0.25, 0.3) is 5.65 Å². The lowest BCUT2D eigenvalue weighted by atomic mass is 9.83. The summed E-state index contributed by atoms with van der Waals surface area (Å²) in [7, 11) is 0. The van der Waals surface area contributed by atoms with E-state index in [1.807, 2.05) is 10.7 Å². The van der Waals surface area contributed by atoms with Crippen LogP contribution in [0.4, 0.5) is 5.82 Å². The highest BCUT2D eigenvalue weighted by Crippen LogP contribution is 2.51.